The van der Waals surface area contributed by atoms with Gasteiger partial charge in [-0.3, -0.25) is 4.79 Å². The van der Waals surface area contributed by atoms with Crippen molar-refractivity contribution in [2.24, 2.45) is 0 Å². The monoisotopic (exact) mass is 231 g/mol. The molecule has 92 valence electrons. The largest absolute Gasteiger partial charge is 0.322 e. The number of nitrogens with one attached hydrogen (secondary N) is 1. The van der Waals surface area contributed by atoms with Crippen LogP contribution >= 0.6 is 0 Å². The maximum Gasteiger partial charge on any atom is 0.247 e. The summed E-state index contributed by atoms with van der Waals surface area (Å²) in [5.41, 5.74) is 3.35. The molecule has 1 aromatic carbocycles. The predicted molar refractivity (Wildman–Crippen MR) is 73.4 cm³/mol. The zero-order chi connectivity index (χ0) is 13.0. The molecule has 0 aliphatic heterocycles. The third-order valence-corrected chi connectivity index (χ3v) is 2.81. The molecule has 0 spiro atoms. The van der Waals surface area contributed by atoms with Crippen LogP contribution in [0.3, 0.4) is 0 Å². The summed E-state index contributed by atoms with van der Waals surface area (Å²) in [7, 11) is 0. The van der Waals surface area contributed by atoms with Gasteiger partial charge in [-0.1, -0.05) is 46.4 Å². The van der Waals surface area contributed by atoms with E-state index in [0.717, 1.165) is 5.69 Å². The van der Waals surface area contributed by atoms with Crippen LogP contribution in [0.15, 0.2) is 30.9 Å². The Morgan fingerprint density at radius 2 is 1.88 bits per heavy atom. The SMILES string of the molecule is C=CC(=O)Nc1ccc(C(C)C)cc1C(C)C. The number of amides is 1. The number of carbonyl (C=O) groups excluding carboxylic acids is 1. The summed E-state index contributed by atoms with van der Waals surface area (Å²) in [6, 6.07) is 6.22. The summed E-state index contributed by atoms with van der Waals surface area (Å²) in [4.78, 5) is 11.3. The molecule has 17 heavy (non-hydrogen) atoms. The molecular formula is C15H21NO. The van der Waals surface area contributed by atoms with Gasteiger partial charge in [-0.05, 0) is 35.1 Å². The zero-order valence-electron chi connectivity index (χ0n) is 11.1. The van der Waals surface area contributed by atoms with E-state index in [4.69, 9.17) is 0 Å². The maximum atomic E-state index is 11.3. The lowest BCUT2D eigenvalue weighted by molar-refractivity contribution is -0.111. The minimum atomic E-state index is -0.163. The third kappa shape index (κ3) is 3.45. The Hall–Kier alpha value is -1.57. The van der Waals surface area contributed by atoms with Gasteiger partial charge in [-0.15, -0.1) is 0 Å². The van der Waals surface area contributed by atoms with Gasteiger partial charge in [0.05, 0.1) is 0 Å². The lowest BCUT2D eigenvalue weighted by Gasteiger charge is -2.16. The minimum absolute atomic E-state index is 0.163. The van der Waals surface area contributed by atoms with Gasteiger partial charge in [-0.25, -0.2) is 0 Å². The summed E-state index contributed by atoms with van der Waals surface area (Å²) in [5.74, 6) is 0.717. The second kappa shape index (κ2) is 5.67. The molecule has 0 unspecified atom stereocenters. The fraction of sp³-hybridized carbons (Fsp3) is 0.400. The molecule has 0 aliphatic carbocycles. The van der Waals surface area contributed by atoms with Gasteiger partial charge in [0, 0.05) is 5.69 Å². The van der Waals surface area contributed by atoms with Crippen molar-refractivity contribution in [3.8, 4) is 0 Å². The Kier molecular flexibility index (Phi) is 4.50. The zero-order valence-corrected chi connectivity index (χ0v) is 11.1. The molecule has 1 amide bonds. The van der Waals surface area contributed by atoms with Crippen LogP contribution in [0.25, 0.3) is 0 Å². The highest BCUT2D eigenvalue weighted by molar-refractivity contribution is 5.99. The van der Waals surface area contributed by atoms with Crippen LogP contribution in [0.4, 0.5) is 5.69 Å². The van der Waals surface area contributed by atoms with Crippen LogP contribution in [0.2, 0.25) is 0 Å². The Morgan fingerprint density at radius 1 is 1.24 bits per heavy atom. The summed E-state index contributed by atoms with van der Waals surface area (Å²) in [5, 5.41) is 2.85. The van der Waals surface area contributed by atoms with Crippen LogP contribution in [0.5, 0.6) is 0 Å². The minimum Gasteiger partial charge on any atom is -0.322 e. The van der Waals surface area contributed by atoms with Crippen LogP contribution in [0, 0.1) is 0 Å². The first-order valence-corrected chi connectivity index (χ1v) is 6.03. The molecule has 2 heteroatoms. The summed E-state index contributed by atoms with van der Waals surface area (Å²) in [6.07, 6.45) is 1.29. The topological polar surface area (TPSA) is 29.1 Å². The Labute approximate surface area is 104 Å². The van der Waals surface area contributed by atoms with Crippen LogP contribution in [0.1, 0.15) is 50.7 Å². The highest BCUT2D eigenvalue weighted by Gasteiger charge is 2.10. The number of hydrogen-bond acceptors (Lipinski definition) is 1. The van der Waals surface area contributed by atoms with E-state index in [-0.39, 0.29) is 5.91 Å². The Balaban J connectivity index is 3.12. The van der Waals surface area contributed by atoms with Crippen molar-refractivity contribution in [3.05, 3.63) is 42.0 Å². The van der Waals surface area contributed by atoms with Gasteiger partial charge in [0.15, 0.2) is 0 Å². The Bertz CT molecular complexity index is 419. The molecule has 2 nitrogen and oxygen atoms in total. The van der Waals surface area contributed by atoms with Gasteiger partial charge in [0.2, 0.25) is 5.91 Å². The normalized spacial score (nSPS) is 10.7. The molecule has 0 heterocycles. The molecule has 0 fully saturated rings. The van der Waals surface area contributed by atoms with E-state index in [9.17, 15) is 4.79 Å². The first-order chi connectivity index (χ1) is 7.95. The summed E-state index contributed by atoms with van der Waals surface area (Å²) >= 11 is 0. The number of benzene rings is 1. The Morgan fingerprint density at radius 3 is 2.35 bits per heavy atom. The van der Waals surface area contributed by atoms with Gasteiger partial charge >= 0.3 is 0 Å². The number of anilines is 1. The fourth-order valence-corrected chi connectivity index (χ4v) is 1.72. The number of carbonyl (C=O) groups is 1. The molecule has 1 rings (SSSR count). The fourth-order valence-electron chi connectivity index (χ4n) is 1.72. The molecule has 0 saturated carbocycles. The molecule has 0 saturated heterocycles. The van der Waals surface area contributed by atoms with E-state index >= 15 is 0 Å². The molecule has 0 atom stereocenters. The van der Waals surface area contributed by atoms with Crippen molar-refractivity contribution >= 4 is 11.6 Å². The molecule has 0 aromatic heterocycles. The summed E-state index contributed by atoms with van der Waals surface area (Å²) < 4.78 is 0. The second-order valence-electron chi connectivity index (χ2n) is 4.85. The average molecular weight is 231 g/mol. The predicted octanol–water partition coefficient (Wildman–Crippen LogP) is 4.06. The maximum absolute atomic E-state index is 11.3. The summed E-state index contributed by atoms with van der Waals surface area (Å²) in [6.45, 7) is 12.1. The number of hydrogen-bond donors (Lipinski definition) is 1. The molecular weight excluding hydrogens is 210 g/mol. The highest BCUT2D eigenvalue weighted by atomic mass is 16.1. The molecule has 0 aliphatic rings. The number of rotatable bonds is 4. The van der Waals surface area contributed by atoms with Crippen molar-refractivity contribution in [2.75, 3.05) is 5.32 Å². The lowest BCUT2D eigenvalue weighted by Crippen LogP contribution is -2.10. The van der Waals surface area contributed by atoms with Crippen molar-refractivity contribution in [1.82, 2.24) is 0 Å². The standard InChI is InChI=1S/C15H21NO/c1-6-15(17)16-14-8-7-12(10(2)3)9-13(14)11(4)5/h6-11H,1H2,2-5H3,(H,16,17). The van der Waals surface area contributed by atoms with Crippen molar-refractivity contribution in [1.29, 1.82) is 0 Å². The quantitative estimate of drug-likeness (QED) is 0.778. The van der Waals surface area contributed by atoms with Crippen LogP contribution in [-0.2, 0) is 4.79 Å². The highest BCUT2D eigenvalue weighted by Crippen LogP contribution is 2.28. The van der Waals surface area contributed by atoms with Gasteiger partial charge in [0.25, 0.3) is 0 Å². The van der Waals surface area contributed by atoms with Crippen molar-refractivity contribution < 1.29 is 4.79 Å². The molecule has 1 N–H and O–H groups in total. The van der Waals surface area contributed by atoms with E-state index < -0.39 is 0 Å². The second-order valence-corrected chi connectivity index (χ2v) is 4.85. The van der Waals surface area contributed by atoms with Gasteiger partial charge in [0.1, 0.15) is 0 Å². The van der Waals surface area contributed by atoms with Crippen molar-refractivity contribution in [2.45, 2.75) is 39.5 Å². The van der Waals surface area contributed by atoms with E-state index in [1.54, 1.807) is 0 Å². The van der Waals surface area contributed by atoms with Crippen LogP contribution in [-0.4, -0.2) is 5.91 Å². The van der Waals surface area contributed by atoms with Gasteiger partial charge in [-0.2, -0.15) is 0 Å². The van der Waals surface area contributed by atoms with Crippen molar-refractivity contribution in [3.63, 3.8) is 0 Å². The molecule has 1 aromatic rings. The third-order valence-electron chi connectivity index (χ3n) is 2.81. The van der Waals surface area contributed by atoms with E-state index in [1.165, 1.54) is 17.2 Å². The smallest absolute Gasteiger partial charge is 0.247 e. The van der Waals surface area contributed by atoms with E-state index in [0.29, 0.717) is 11.8 Å². The van der Waals surface area contributed by atoms with E-state index in [1.807, 2.05) is 6.07 Å². The lowest BCUT2D eigenvalue weighted by atomic mass is 9.94. The molecule has 0 bridgehead atoms. The van der Waals surface area contributed by atoms with E-state index in [2.05, 4.69) is 51.7 Å². The average Bonchev–Trinajstić information content (AvgIpc) is 2.28. The van der Waals surface area contributed by atoms with Crippen LogP contribution < -0.4 is 5.32 Å². The molecule has 0 radical (unpaired) electrons. The first-order valence-electron chi connectivity index (χ1n) is 6.03. The first kappa shape index (κ1) is 13.5. The van der Waals surface area contributed by atoms with Gasteiger partial charge < -0.3 is 5.32 Å².